The lowest BCUT2D eigenvalue weighted by Crippen LogP contribution is -2.03. The molecule has 0 aliphatic rings. The van der Waals surface area contributed by atoms with Crippen LogP contribution in [0.4, 0.5) is 11.5 Å². The van der Waals surface area contributed by atoms with E-state index < -0.39 is 0 Å². The van der Waals surface area contributed by atoms with E-state index in [1.165, 1.54) is 5.39 Å². The molecule has 2 aromatic heterocycles. The van der Waals surface area contributed by atoms with E-state index in [4.69, 9.17) is 4.74 Å². The number of ketones is 1. The SMILES string of the molecule is COc1ccc(CSc2nc3nc(C)cc(Nc4ccc(C(=O)/C=C/c5ccc6ccccc6c5)cc4)n3n2)cc1. The maximum absolute atomic E-state index is 12.8. The Hall–Kier alpha value is -4.95. The summed E-state index contributed by atoms with van der Waals surface area (Å²) in [4.78, 5) is 22.0. The van der Waals surface area contributed by atoms with E-state index in [-0.39, 0.29) is 5.78 Å². The first-order chi connectivity index (χ1) is 20.0. The highest BCUT2D eigenvalue weighted by Crippen LogP contribution is 2.25. The minimum atomic E-state index is -0.0540. The lowest BCUT2D eigenvalue weighted by atomic mass is 10.1. The number of aryl methyl sites for hydroxylation is 1. The zero-order valence-corrected chi connectivity index (χ0v) is 23.4. The minimum absolute atomic E-state index is 0.0540. The Morgan fingerprint density at radius 3 is 2.49 bits per heavy atom. The maximum Gasteiger partial charge on any atom is 0.255 e. The van der Waals surface area contributed by atoms with Crippen molar-refractivity contribution in [1.82, 2.24) is 19.6 Å². The Morgan fingerprint density at radius 2 is 1.71 bits per heavy atom. The molecule has 4 aromatic carbocycles. The molecule has 7 nitrogen and oxygen atoms in total. The average molecular weight is 558 g/mol. The van der Waals surface area contributed by atoms with Crippen molar-refractivity contribution in [2.75, 3.05) is 12.4 Å². The average Bonchev–Trinajstić information content (AvgIpc) is 3.42. The van der Waals surface area contributed by atoms with Crippen LogP contribution in [0.3, 0.4) is 0 Å². The van der Waals surface area contributed by atoms with Crippen molar-refractivity contribution in [3.05, 3.63) is 126 Å². The van der Waals surface area contributed by atoms with Crippen LogP contribution in [0.1, 0.15) is 27.2 Å². The first-order valence-corrected chi connectivity index (χ1v) is 14.1. The molecule has 202 valence electrons. The summed E-state index contributed by atoms with van der Waals surface area (Å²) in [5.74, 6) is 2.77. The fourth-order valence-corrected chi connectivity index (χ4v) is 5.21. The van der Waals surface area contributed by atoms with Gasteiger partial charge in [-0.1, -0.05) is 66.4 Å². The third-order valence-corrected chi connectivity index (χ3v) is 7.50. The lowest BCUT2D eigenvalue weighted by Gasteiger charge is -2.09. The molecule has 0 amide bonds. The van der Waals surface area contributed by atoms with Gasteiger partial charge in [0.05, 0.1) is 7.11 Å². The molecule has 1 N–H and O–H groups in total. The summed E-state index contributed by atoms with van der Waals surface area (Å²) >= 11 is 1.55. The van der Waals surface area contributed by atoms with Crippen molar-refractivity contribution in [2.24, 2.45) is 0 Å². The van der Waals surface area contributed by atoms with E-state index in [0.29, 0.717) is 16.5 Å². The van der Waals surface area contributed by atoms with Crippen molar-refractivity contribution in [3.63, 3.8) is 0 Å². The van der Waals surface area contributed by atoms with Gasteiger partial charge in [0, 0.05) is 28.8 Å². The Labute approximate surface area is 241 Å². The number of benzene rings is 4. The van der Waals surface area contributed by atoms with Crippen molar-refractivity contribution >= 4 is 51.7 Å². The number of thioether (sulfide) groups is 1. The number of methoxy groups -OCH3 is 1. The van der Waals surface area contributed by atoms with Gasteiger partial charge in [-0.05, 0) is 77.4 Å². The molecule has 0 aliphatic carbocycles. The molecule has 0 bridgehead atoms. The van der Waals surface area contributed by atoms with E-state index >= 15 is 0 Å². The lowest BCUT2D eigenvalue weighted by molar-refractivity contribution is 0.104. The highest BCUT2D eigenvalue weighted by molar-refractivity contribution is 7.98. The minimum Gasteiger partial charge on any atom is -0.497 e. The Balaban J connectivity index is 1.14. The number of ether oxygens (including phenoxy) is 1. The number of nitrogens with one attached hydrogen (secondary N) is 1. The summed E-state index contributed by atoms with van der Waals surface area (Å²) in [5, 5.41) is 11.0. The zero-order valence-electron chi connectivity index (χ0n) is 22.6. The van der Waals surface area contributed by atoms with Gasteiger partial charge in [0.2, 0.25) is 5.16 Å². The normalized spacial score (nSPS) is 11.4. The zero-order chi connectivity index (χ0) is 28.2. The molecule has 41 heavy (non-hydrogen) atoms. The summed E-state index contributed by atoms with van der Waals surface area (Å²) in [5.41, 5.74) is 4.40. The predicted octanol–water partition coefficient (Wildman–Crippen LogP) is 7.53. The van der Waals surface area contributed by atoms with Crippen LogP contribution in [0.2, 0.25) is 0 Å². The van der Waals surface area contributed by atoms with Gasteiger partial charge in [-0.3, -0.25) is 4.79 Å². The number of carbonyl (C=O) groups is 1. The predicted molar refractivity (Wildman–Crippen MR) is 165 cm³/mol. The fourth-order valence-electron chi connectivity index (χ4n) is 4.43. The number of aromatic nitrogens is 4. The van der Waals surface area contributed by atoms with E-state index in [1.54, 1.807) is 29.5 Å². The monoisotopic (exact) mass is 557 g/mol. The van der Waals surface area contributed by atoms with E-state index in [2.05, 4.69) is 44.6 Å². The number of fused-ring (bicyclic) bond motifs is 2. The third kappa shape index (κ3) is 6.13. The van der Waals surface area contributed by atoms with Crippen LogP contribution in [-0.4, -0.2) is 32.5 Å². The largest absolute Gasteiger partial charge is 0.497 e. The number of anilines is 2. The topological polar surface area (TPSA) is 81.4 Å². The smallest absolute Gasteiger partial charge is 0.255 e. The summed E-state index contributed by atoms with van der Waals surface area (Å²) in [7, 11) is 1.66. The molecule has 0 atom stereocenters. The van der Waals surface area contributed by atoms with Gasteiger partial charge in [-0.25, -0.2) is 4.98 Å². The number of nitrogens with zero attached hydrogens (tertiary/aromatic N) is 4. The van der Waals surface area contributed by atoms with Crippen molar-refractivity contribution < 1.29 is 9.53 Å². The van der Waals surface area contributed by atoms with Crippen LogP contribution in [0.25, 0.3) is 22.6 Å². The highest BCUT2D eigenvalue weighted by Gasteiger charge is 2.12. The molecular formula is C33H27N5O2S. The third-order valence-electron chi connectivity index (χ3n) is 6.59. The Kier molecular flexibility index (Phi) is 7.47. The molecule has 2 heterocycles. The van der Waals surface area contributed by atoms with Crippen LogP contribution in [0, 0.1) is 6.92 Å². The molecule has 0 unspecified atom stereocenters. The van der Waals surface area contributed by atoms with Crippen molar-refractivity contribution in [3.8, 4) is 5.75 Å². The van der Waals surface area contributed by atoms with E-state index in [9.17, 15) is 4.79 Å². The van der Waals surface area contributed by atoms with Gasteiger partial charge in [0.25, 0.3) is 5.78 Å². The van der Waals surface area contributed by atoms with Gasteiger partial charge in [-0.15, -0.1) is 5.10 Å². The molecule has 0 fully saturated rings. The van der Waals surface area contributed by atoms with Crippen LogP contribution < -0.4 is 10.1 Å². The molecule has 8 heteroatoms. The van der Waals surface area contributed by atoms with Crippen LogP contribution >= 0.6 is 11.8 Å². The van der Waals surface area contributed by atoms with Crippen LogP contribution in [-0.2, 0) is 5.75 Å². The number of allylic oxidation sites excluding steroid dienone is 1. The molecule has 0 saturated heterocycles. The van der Waals surface area contributed by atoms with Gasteiger partial charge in [-0.2, -0.15) is 9.50 Å². The summed E-state index contributed by atoms with van der Waals surface area (Å²) < 4.78 is 6.94. The standard InChI is InChI=1S/C33H27N5O2S/c1-22-19-31(38-32(34-22)36-33(37-38)41-21-24-8-16-29(40-2)17-9-24)35-28-14-12-26(13-15-28)30(39)18-10-23-7-11-25-5-3-4-6-27(25)20-23/h3-20,35H,21H2,1-2H3/b18-10+. The summed E-state index contributed by atoms with van der Waals surface area (Å²) in [6.07, 6.45) is 3.47. The second-order valence-corrected chi connectivity index (χ2v) is 10.5. The fraction of sp³-hybridized carbons (Fsp3) is 0.0909. The molecule has 6 aromatic rings. The van der Waals surface area contributed by atoms with Gasteiger partial charge < -0.3 is 10.1 Å². The number of carbonyl (C=O) groups excluding carboxylic acids is 1. The molecule has 0 spiro atoms. The quantitative estimate of drug-likeness (QED) is 0.112. The van der Waals surface area contributed by atoms with Crippen LogP contribution in [0.15, 0.2) is 108 Å². The second kappa shape index (κ2) is 11.7. The van der Waals surface area contributed by atoms with Gasteiger partial charge in [0.15, 0.2) is 5.78 Å². The Bertz CT molecular complexity index is 1880. The molecule has 0 saturated carbocycles. The van der Waals surface area contributed by atoms with Crippen molar-refractivity contribution in [2.45, 2.75) is 17.8 Å². The van der Waals surface area contributed by atoms with Gasteiger partial charge in [0.1, 0.15) is 11.6 Å². The van der Waals surface area contributed by atoms with Crippen molar-refractivity contribution in [1.29, 1.82) is 0 Å². The number of hydrogen-bond donors (Lipinski definition) is 1. The van der Waals surface area contributed by atoms with Gasteiger partial charge >= 0.3 is 0 Å². The number of rotatable bonds is 9. The molecule has 6 rings (SSSR count). The van der Waals surface area contributed by atoms with Crippen LogP contribution in [0.5, 0.6) is 5.75 Å². The molecular weight excluding hydrogens is 530 g/mol. The Morgan fingerprint density at radius 1 is 0.927 bits per heavy atom. The maximum atomic E-state index is 12.8. The second-order valence-electron chi connectivity index (χ2n) is 9.53. The van der Waals surface area contributed by atoms with E-state index in [0.717, 1.165) is 45.2 Å². The molecule has 0 radical (unpaired) electrons. The highest BCUT2D eigenvalue weighted by atomic mass is 32.2. The number of hydrogen-bond acceptors (Lipinski definition) is 7. The summed E-state index contributed by atoms with van der Waals surface area (Å²) in [6.45, 7) is 1.92. The van der Waals surface area contributed by atoms with E-state index in [1.807, 2.05) is 85.8 Å². The molecule has 0 aliphatic heterocycles. The summed E-state index contributed by atoms with van der Waals surface area (Å²) in [6, 6.07) is 31.6. The first kappa shape index (κ1) is 26.3. The first-order valence-electron chi connectivity index (χ1n) is 13.1.